The minimum Gasteiger partial charge on any atom is -0.508 e. The fraction of sp³-hybridized carbons (Fsp3) is 0.190. The monoisotopic (exact) mass is 426 g/mol. The number of hydrogen-bond donors (Lipinski definition) is 5. The Morgan fingerprint density at radius 1 is 1.13 bits per heavy atom. The van der Waals surface area contributed by atoms with Crippen LogP contribution in [0.2, 0.25) is 0 Å². The summed E-state index contributed by atoms with van der Waals surface area (Å²) in [5.41, 5.74) is 1.20. The van der Waals surface area contributed by atoms with E-state index < -0.39 is 18.0 Å². The van der Waals surface area contributed by atoms with Gasteiger partial charge in [0.25, 0.3) is 5.91 Å². The molecule has 0 saturated carbocycles. The molecule has 5 N–H and O–H groups in total. The highest BCUT2D eigenvalue weighted by Gasteiger charge is 2.19. The van der Waals surface area contributed by atoms with Crippen molar-refractivity contribution in [3.63, 3.8) is 0 Å². The van der Waals surface area contributed by atoms with Gasteiger partial charge in [-0.1, -0.05) is 30.3 Å². The number of phenolic OH excluding ortho intramolecular Hbond substituents is 2. The van der Waals surface area contributed by atoms with Crippen LogP contribution in [-0.4, -0.2) is 49.7 Å². The molecule has 0 fully saturated rings. The lowest BCUT2D eigenvalue weighted by atomic mass is 10.2. The number of carbonyl (C=O) groups excluding carboxylic acids is 1. The van der Waals surface area contributed by atoms with Crippen molar-refractivity contribution in [3.8, 4) is 17.4 Å². The van der Waals surface area contributed by atoms with Gasteiger partial charge in [0.1, 0.15) is 23.8 Å². The van der Waals surface area contributed by atoms with Crippen LogP contribution in [0.1, 0.15) is 23.0 Å². The first-order valence-corrected chi connectivity index (χ1v) is 9.39. The smallest absolute Gasteiger partial charge is 0.404 e. The molecule has 0 spiro atoms. The molecule has 0 aliphatic rings. The third-order valence-corrected chi connectivity index (χ3v) is 4.25. The first-order chi connectivity index (χ1) is 14.8. The third kappa shape index (κ3) is 5.89. The van der Waals surface area contributed by atoms with Crippen molar-refractivity contribution in [1.29, 1.82) is 0 Å². The highest BCUT2D eigenvalue weighted by atomic mass is 16.5. The molecule has 1 atom stereocenters. The summed E-state index contributed by atoms with van der Waals surface area (Å²) in [6, 6.07) is 14.1. The van der Waals surface area contributed by atoms with Gasteiger partial charge in [0, 0.05) is 12.1 Å². The molecular weight excluding hydrogens is 404 g/mol. The van der Waals surface area contributed by atoms with Gasteiger partial charge in [0.05, 0.1) is 18.3 Å². The van der Waals surface area contributed by atoms with Crippen LogP contribution < -0.4 is 15.4 Å². The second kappa shape index (κ2) is 9.53. The number of benzene rings is 2. The van der Waals surface area contributed by atoms with Gasteiger partial charge in [0.15, 0.2) is 0 Å². The first kappa shape index (κ1) is 21.5. The molecule has 0 aliphatic carbocycles. The molecule has 10 nitrogen and oxygen atoms in total. The summed E-state index contributed by atoms with van der Waals surface area (Å²) in [5.74, 6) is -0.817. The number of phenols is 2. The molecule has 3 aromatic rings. The number of carboxylic acid groups (broad SMARTS) is 1. The Labute approximate surface area is 177 Å². The van der Waals surface area contributed by atoms with E-state index in [2.05, 4.69) is 15.7 Å². The predicted octanol–water partition coefficient (Wildman–Crippen LogP) is 2.63. The quantitative estimate of drug-likeness (QED) is 0.275. The van der Waals surface area contributed by atoms with Crippen molar-refractivity contribution in [2.24, 2.45) is 0 Å². The molecular formula is C21H22N4O6. The van der Waals surface area contributed by atoms with E-state index in [1.54, 1.807) is 6.92 Å². The predicted molar refractivity (Wildman–Crippen MR) is 112 cm³/mol. The topological polar surface area (TPSA) is 146 Å². The second-order valence-electron chi connectivity index (χ2n) is 6.83. The minimum atomic E-state index is -1.17. The molecule has 1 aromatic heterocycles. The summed E-state index contributed by atoms with van der Waals surface area (Å²) < 4.78 is 7.00. The maximum atomic E-state index is 12.9. The summed E-state index contributed by atoms with van der Waals surface area (Å²) in [6.45, 7) is 1.95. The number of ether oxygens (including phenoxy) is 1. The highest BCUT2D eigenvalue weighted by molar-refractivity contribution is 6.04. The van der Waals surface area contributed by atoms with E-state index in [1.165, 1.54) is 22.9 Å². The van der Waals surface area contributed by atoms with E-state index in [0.717, 1.165) is 11.6 Å². The van der Waals surface area contributed by atoms with Crippen LogP contribution in [0.5, 0.6) is 17.4 Å². The molecule has 0 aliphatic heterocycles. The lowest BCUT2D eigenvalue weighted by Gasteiger charge is -2.11. The Kier molecular flexibility index (Phi) is 6.61. The van der Waals surface area contributed by atoms with Crippen LogP contribution in [-0.2, 0) is 6.54 Å². The van der Waals surface area contributed by atoms with E-state index in [4.69, 9.17) is 9.84 Å². The van der Waals surface area contributed by atoms with Gasteiger partial charge in [-0.2, -0.15) is 0 Å². The van der Waals surface area contributed by atoms with Crippen molar-refractivity contribution < 1.29 is 29.6 Å². The standard InChI is InChI=1S/C21H22N4O6/c1-13(22-21(29)30)12-31-19-10-17(25(24-19)11-14-5-3-2-4-6-14)20(28)23-16-8-7-15(26)9-18(16)27/h2-10,13,22,26-27H,11-12H2,1H3,(H,23,28)(H,29,30)/t13-/m0/s1. The summed E-state index contributed by atoms with van der Waals surface area (Å²) >= 11 is 0. The Morgan fingerprint density at radius 2 is 1.87 bits per heavy atom. The number of carbonyl (C=O) groups is 2. The molecule has 1 heterocycles. The summed E-state index contributed by atoms with van der Waals surface area (Å²) in [6.07, 6.45) is -1.17. The van der Waals surface area contributed by atoms with E-state index in [9.17, 15) is 19.8 Å². The molecule has 0 unspecified atom stereocenters. The number of nitrogens with zero attached hydrogens (tertiary/aromatic N) is 2. The van der Waals surface area contributed by atoms with Gasteiger partial charge < -0.3 is 30.7 Å². The Balaban J connectivity index is 1.82. The zero-order valence-electron chi connectivity index (χ0n) is 16.6. The zero-order valence-corrected chi connectivity index (χ0v) is 16.6. The lowest BCUT2D eigenvalue weighted by molar-refractivity contribution is 0.101. The SMILES string of the molecule is C[C@@H](COc1cc(C(=O)Nc2ccc(O)cc2O)n(Cc2ccccc2)n1)NC(=O)O. The number of amides is 2. The average Bonchev–Trinajstić information content (AvgIpc) is 3.11. The fourth-order valence-corrected chi connectivity index (χ4v) is 2.80. The van der Waals surface area contributed by atoms with Crippen molar-refractivity contribution >= 4 is 17.7 Å². The van der Waals surface area contributed by atoms with Gasteiger partial charge in [-0.3, -0.25) is 9.48 Å². The molecule has 2 aromatic carbocycles. The highest BCUT2D eigenvalue weighted by Crippen LogP contribution is 2.28. The summed E-state index contributed by atoms with van der Waals surface area (Å²) in [5, 5.41) is 37.3. The van der Waals surface area contributed by atoms with Crippen LogP contribution in [0.15, 0.2) is 54.6 Å². The Bertz CT molecular complexity index is 1070. The molecule has 2 amide bonds. The lowest BCUT2D eigenvalue weighted by Crippen LogP contribution is -2.35. The molecule has 0 bridgehead atoms. The van der Waals surface area contributed by atoms with Crippen LogP contribution in [0.25, 0.3) is 0 Å². The number of rotatable bonds is 8. The summed E-state index contributed by atoms with van der Waals surface area (Å²) in [4.78, 5) is 23.6. The van der Waals surface area contributed by atoms with Crippen molar-refractivity contribution in [1.82, 2.24) is 15.1 Å². The fourth-order valence-electron chi connectivity index (χ4n) is 2.80. The second-order valence-corrected chi connectivity index (χ2v) is 6.83. The molecule has 31 heavy (non-hydrogen) atoms. The number of aromatic nitrogens is 2. The van der Waals surface area contributed by atoms with Crippen molar-refractivity contribution in [3.05, 3.63) is 65.9 Å². The van der Waals surface area contributed by atoms with Gasteiger partial charge in [0.2, 0.25) is 5.88 Å². The summed E-state index contributed by atoms with van der Waals surface area (Å²) in [7, 11) is 0. The van der Waals surface area contributed by atoms with E-state index in [1.807, 2.05) is 30.3 Å². The van der Waals surface area contributed by atoms with Gasteiger partial charge >= 0.3 is 6.09 Å². The maximum Gasteiger partial charge on any atom is 0.404 e. The van der Waals surface area contributed by atoms with Crippen LogP contribution >= 0.6 is 0 Å². The number of anilines is 1. The number of nitrogens with one attached hydrogen (secondary N) is 2. The Morgan fingerprint density at radius 3 is 2.55 bits per heavy atom. The average molecular weight is 426 g/mol. The molecule has 0 saturated heterocycles. The van der Waals surface area contributed by atoms with E-state index in [-0.39, 0.29) is 41.9 Å². The maximum absolute atomic E-state index is 12.9. The number of aromatic hydroxyl groups is 2. The molecule has 0 radical (unpaired) electrons. The third-order valence-electron chi connectivity index (χ3n) is 4.25. The zero-order chi connectivity index (χ0) is 22.4. The molecule has 3 rings (SSSR count). The normalized spacial score (nSPS) is 11.5. The molecule has 162 valence electrons. The molecule has 10 heteroatoms. The van der Waals surface area contributed by atoms with Crippen molar-refractivity contribution in [2.45, 2.75) is 19.5 Å². The number of hydrogen-bond acceptors (Lipinski definition) is 6. The van der Waals surface area contributed by atoms with Gasteiger partial charge in [-0.25, -0.2) is 4.79 Å². The minimum absolute atomic E-state index is 0.0223. The largest absolute Gasteiger partial charge is 0.508 e. The van der Waals surface area contributed by atoms with Gasteiger partial charge in [-0.05, 0) is 24.6 Å². The first-order valence-electron chi connectivity index (χ1n) is 9.39. The van der Waals surface area contributed by atoms with Crippen LogP contribution in [0, 0.1) is 0 Å². The van der Waals surface area contributed by atoms with Crippen LogP contribution in [0.3, 0.4) is 0 Å². The van der Waals surface area contributed by atoms with E-state index in [0.29, 0.717) is 0 Å². The Hall–Kier alpha value is -4.21. The van der Waals surface area contributed by atoms with Crippen molar-refractivity contribution in [2.75, 3.05) is 11.9 Å². The van der Waals surface area contributed by atoms with Crippen LogP contribution in [0.4, 0.5) is 10.5 Å². The van der Waals surface area contributed by atoms with Gasteiger partial charge in [-0.15, -0.1) is 5.10 Å². The van der Waals surface area contributed by atoms with E-state index >= 15 is 0 Å².